The summed E-state index contributed by atoms with van der Waals surface area (Å²) in [7, 11) is 3.49. The highest BCUT2D eigenvalue weighted by Gasteiger charge is 2.42. The normalized spacial score (nSPS) is 20.9. The molecule has 1 heterocycles. The van der Waals surface area contributed by atoms with Crippen LogP contribution in [0.4, 0.5) is 0 Å². The third-order valence-corrected chi connectivity index (χ3v) is 5.15. The Morgan fingerprint density at radius 1 is 0.760 bits per heavy atom. The van der Waals surface area contributed by atoms with Gasteiger partial charge >= 0.3 is 0 Å². The molecule has 3 rings (SSSR count). The van der Waals surface area contributed by atoms with Crippen molar-refractivity contribution in [1.82, 2.24) is 9.80 Å². The lowest BCUT2D eigenvalue weighted by molar-refractivity contribution is -0.158. The fourth-order valence-electron chi connectivity index (χ4n) is 3.44. The van der Waals surface area contributed by atoms with Crippen LogP contribution >= 0.6 is 0 Å². The lowest BCUT2D eigenvalue weighted by atomic mass is 9.94. The third-order valence-electron chi connectivity index (χ3n) is 5.15. The van der Waals surface area contributed by atoms with E-state index in [1.54, 1.807) is 23.9 Å². The van der Waals surface area contributed by atoms with Crippen molar-refractivity contribution in [2.24, 2.45) is 0 Å². The molecule has 1 aliphatic heterocycles. The molecule has 0 radical (unpaired) electrons. The molecule has 2 atom stereocenters. The fourth-order valence-corrected chi connectivity index (χ4v) is 3.44. The van der Waals surface area contributed by atoms with Gasteiger partial charge in [-0.25, -0.2) is 0 Å². The van der Waals surface area contributed by atoms with E-state index in [9.17, 15) is 9.59 Å². The highest BCUT2D eigenvalue weighted by molar-refractivity contribution is 5.97. The zero-order valence-corrected chi connectivity index (χ0v) is 15.0. The number of nitrogens with zero attached hydrogens (tertiary/aromatic N) is 2. The SMILES string of the molecule is Cc1ccccc1CC1C(=O)N(C)C(Cc2ccccc2)C(=O)N1C. The number of carbonyl (C=O) groups excluding carboxylic acids is 2. The summed E-state index contributed by atoms with van der Waals surface area (Å²) in [6.07, 6.45) is 1.10. The van der Waals surface area contributed by atoms with Crippen LogP contribution in [0.1, 0.15) is 16.7 Å². The van der Waals surface area contributed by atoms with Crippen molar-refractivity contribution in [1.29, 1.82) is 0 Å². The molecule has 2 amide bonds. The summed E-state index contributed by atoms with van der Waals surface area (Å²) in [5.41, 5.74) is 3.31. The maximum absolute atomic E-state index is 12.9. The summed E-state index contributed by atoms with van der Waals surface area (Å²) in [6.45, 7) is 2.03. The number of aryl methyl sites for hydroxylation is 1. The van der Waals surface area contributed by atoms with Gasteiger partial charge in [0.05, 0.1) is 0 Å². The van der Waals surface area contributed by atoms with Gasteiger partial charge in [0, 0.05) is 26.9 Å². The van der Waals surface area contributed by atoms with Crippen molar-refractivity contribution < 1.29 is 9.59 Å². The van der Waals surface area contributed by atoms with Gasteiger partial charge in [0.1, 0.15) is 12.1 Å². The van der Waals surface area contributed by atoms with Crippen molar-refractivity contribution in [3.63, 3.8) is 0 Å². The Morgan fingerprint density at radius 3 is 1.88 bits per heavy atom. The third kappa shape index (κ3) is 3.43. The van der Waals surface area contributed by atoms with E-state index in [-0.39, 0.29) is 11.8 Å². The topological polar surface area (TPSA) is 40.6 Å². The van der Waals surface area contributed by atoms with Crippen molar-refractivity contribution in [2.45, 2.75) is 31.8 Å². The second kappa shape index (κ2) is 7.09. The van der Waals surface area contributed by atoms with Crippen LogP contribution in [0.5, 0.6) is 0 Å². The van der Waals surface area contributed by atoms with Crippen LogP contribution in [0.25, 0.3) is 0 Å². The first-order chi connectivity index (χ1) is 12.0. The molecule has 2 unspecified atom stereocenters. The van der Waals surface area contributed by atoms with E-state index in [1.807, 2.05) is 61.5 Å². The summed E-state index contributed by atoms with van der Waals surface area (Å²) in [6, 6.07) is 17.0. The van der Waals surface area contributed by atoms with Crippen molar-refractivity contribution in [3.05, 3.63) is 71.3 Å². The Morgan fingerprint density at radius 2 is 1.28 bits per heavy atom. The van der Waals surface area contributed by atoms with Crippen LogP contribution in [0, 0.1) is 6.92 Å². The first-order valence-corrected chi connectivity index (χ1v) is 8.61. The largest absolute Gasteiger partial charge is 0.332 e. The number of likely N-dealkylation sites (N-methyl/N-ethyl adjacent to an activating group) is 2. The van der Waals surface area contributed by atoms with Gasteiger partial charge in [0.15, 0.2) is 0 Å². The van der Waals surface area contributed by atoms with Gasteiger partial charge < -0.3 is 9.80 Å². The van der Waals surface area contributed by atoms with Gasteiger partial charge in [-0.2, -0.15) is 0 Å². The summed E-state index contributed by atoms with van der Waals surface area (Å²) in [5, 5.41) is 0. The number of hydrogen-bond donors (Lipinski definition) is 0. The highest BCUT2D eigenvalue weighted by Crippen LogP contribution is 2.22. The van der Waals surface area contributed by atoms with Gasteiger partial charge in [0.2, 0.25) is 11.8 Å². The van der Waals surface area contributed by atoms with Gasteiger partial charge in [-0.3, -0.25) is 9.59 Å². The van der Waals surface area contributed by atoms with Crippen molar-refractivity contribution in [3.8, 4) is 0 Å². The number of benzene rings is 2. The van der Waals surface area contributed by atoms with E-state index in [4.69, 9.17) is 0 Å². The smallest absolute Gasteiger partial charge is 0.246 e. The molecule has 25 heavy (non-hydrogen) atoms. The Bertz CT molecular complexity index is 772. The van der Waals surface area contributed by atoms with E-state index in [2.05, 4.69) is 0 Å². The van der Waals surface area contributed by atoms with Gasteiger partial charge in [-0.15, -0.1) is 0 Å². The molecule has 4 heteroatoms. The predicted octanol–water partition coefficient (Wildman–Crippen LogP) is 2.45. The lowest BCUT2D eigenvalue weighted by Crippen LogP contribution is -2.63. The minimum absolute atomic E-state index is 0.00420. The molecule has 0 saturated carbocycles. The second-order valence-corrected chi connectivity index (χ2v) is 6.75. The Labute approximate surface area is 149 Å². The number of hydrogen-bond acceptors (Lipinski definition) is 2. The van der Waals surface area contributed by atoms with Crippen LogP contribution in [0.3, 0.4) is 0 Å². The molecule has 0 aromatic heterocycles. The van der Waals surface area contributed by atoms with E-state index < -0.39 is 12.1 Å². The summed E-state index contributed by atoms with van der Waals surface area (Å²) in [4.78, 5) is 29.1. The molecule has 0 spiro atoms. The van der Waals surface area contributed by atoms with Crippen molar-refractivity contribution in [2.75, 3.05) is 14.1 Å². The van der Waals surface area contributed by atoms with Crippen molar-refractivity contribution >= 4 is 11.8 Å². The first kappa shape index (κ1) is 17.2. The molecule has 0 N–H and O–H groups in total. The maximum atomic E-state index is 12.9. The monoisotopic (exact) mass is 336 g/mol. The zero-order valence-electron chi connectivity index (χ0n) is 15.0. The van der Waals surface area contributed by atoms with Crippen LogP contribution in [-0.4, -0.2) is 47.8 Å². The van der Waals surface area contributed by atoms with Crippen LogP contribution in [-0.2, 0) is 22.4 Å². The van der Waals surface area contributed by atoms with Gasteiger partial charge in [-0.1, -0.05) is 54.6 Å². The summed E-state index contributed by atoms with van der Waals surface area (Å²) < 4.78 is 0. The molecule has 0 aliphatic carbocycles. The number of carbonyl (C=O) groups is 2. The molecule has 2 aromatic carbocycles. The molecular formula is C21H24N2O2. The zero-order chi connectivity index (χ0) is 18.0. The fraction of sp³-hybridized carbons (Fsp3) is 0.333. The van der Waals surface area contributed by atoms with Crippen LogP contribution in [0.15, 0.2) is 54.6 Å². The Balaban J connectivity index is 1.81. The van der Waals surface area contributed by atoms with E-state index in [1.165, 1.54) is 0 Å². The predicted molar refractivity (Wildman–Crippen MR) is 98.1 cm³/mol. The van der Waals surface area contributed by atoms with Gasteiger partial charge in [-0.05, 0) is 23.6 Å². The quantitative estimate of drug-likeness (QED) is 0.860. The molecule has 1 aliphatic rings. The average Bonchev–Trinajstić information content (AvgIpc) is 2.63. The first-order valence-electron chi connectivity index (χ1n) is 8.61. The minimum atomic E-state index is -0.439. The molecule has 0 bridgehead atoms. The molecular weight excluding hydrogens is 312 g/mol. The summed E-state index contributed by atoms with van der Waals surface area (Å²) >= 11 is 0. The standard InChI is InChI=1S/C21H24N2O2/c1-15-9-7-8-12-17(15)14-19-21(25)22(2)18(20(24)23(19)3)13-16-10-5-4-6-11-16/h4-12,18-19H,13-14H2,1-3H3. The number of amides is 2. The van der Waals surface area contributed by atoms with Gasteiger partial charge in [0.25, 0.3) is 0 Å². The molecule has 2 aromatic rings. The maximum Gasteiger partial charge on any atom is 0.246 e. The molecule has 4 nitrogen and oxygen atoms in total. The lowest BCUT2D eigenvalue weighted by Gasteiger charge is -2.42. The molecule has 1 fully saturated rings. The van der Waals surface area contributed by atoms with Crippen LogP contribution < -0.4 is 0 Å². The second-order valence-electron chi connectivity index (χ2n) is 6.75. The van der Waals surface area contributed by atoms with Crippen LogP contribution in [0.2, 0.25) is 0 Å². The molecule has 130 valence electrons. The Kier molecular flexibility index (Phi) is 4.88. The van der Waals surface area contributed by atoms with E-state index in [0.717, 1.165) is 16.7 Å². The minimum Gasteiger partial charge on any atom is -0.332 e. The number of rotatable bonds is 4. The highest BCUT2D eigenvalue weighted by atomic mass is 16.2. The van der Waals surface area contributed by atoms with E-state index in [0.29, 0.717) is 12.8 Å². The molecule has 1 saturated heterocycles. The summed E-state index contributed by atoms with van der Waals surface area (Å²) in [5.74, 6) is 0.0100. The number of piperazine rings is 1. The van der Waals surface area contributed by atoms with E-state index >= 15 is 0 Å². The Hall–Kier alpha value is -2.62. The average molecular weight is 336 g/mol.